The summed E-state index contributed by atoms with van der Waals surface area (Å²) in [5.41, 5.74) is 0.0950. The number of carbonyl (C=O) groups is 3. The Morgan fingerprint density at radius 2 is 1.56 bits per heavy atom. The zero-order chi connectivity index (χ0) is 45.9. The minimum atomic E-state index is -4.88. The van der Waals surface area contributed by atoms with Gasteiger partial charge in [-0.1, -0.05) is 111 Å². The number of aliphatic hydroxyl groups is 2. The molecule has 6 atom stereocenters. The molecule has 6 unspecified atom stereocenters. The fraction of sp³-hybridized carbons (Fsp3) is 0.453. The van der Waals surface area contributed by atoms with Gasteiger partial charge in [0, 0.05) is 28.5 Å². The third kappa shape index (κ3) is 7.86. The molecule has 5 aliphatic rings. The van der Waals surface area contributed by atoms with E-state index in [9.17, 15) is 28.2 Å². The van der Waals surface area contributed by atoms with Gasteiger partial charge in [-0.15, -0.1) is 13.2 Å². The molecule has 1 aliphatic heterocycles. The molecule has 1 saturated heterocycles. The summed E-state index contributed by atoms with van der Waals surface area (Å²) >= 11 is 0. The lowest BCUT2D eigenvalue weighted by atomic mass is 9.64. The van der Waals surface area contributed by atoms with Crippen LogP contribution < -0.4 is 4.74 Å². The van der Waals surface area contributed by atoms with Gasteiger partial charge in [0.05, 0.1) is 23.7 Å². The van der Waals surface area contributed by atoms with E-state index in [0.29, 0.717) is 61.6 Å². The number of hydrogen-bond acceptors (Lipinski definition) is 7. The Kier molecular flexibility index (Phi) is 11.8. The van der Waals surface area contributed by atoms with Crippen molar-refractivity contribution in [1.29, 1.82) is 0 Å². The Hall–Kier alpha value is -5.26. The van der Waals surface area contributed by atoms with Crippen molar-refractivity contribution in [2.75, 3.05) is 6.54 Å². The topological polar surface area (TPSA) is 113 Å². The zero-order valence-electron chi connectivity index (χ0n) is 37.3. The first-order chi connectivity index (χ1) is 30.2. The summed E-state index contributed by atoms with van der Waals surface area (Å²) < 4.78 is 49.6. The number of alkyl halides is 3. The van der Waals surface area contributed by atoms with Gasteiger partial charge in [0.25, 0.3) is 5.91 Å². The smallest absolute Gasteiger partial charge is 0.448 e. The molecule has 0 aromatic heterocycles. The van der Waals surface area contributed by atoms with Crippen LogP contribution >= 0.6 is 0 Å². The fourth-order valence-electron chi connectivity index (χ4n) is 11.4. The lowest BCUT2D eigenvalue weighted by Gasteiger charge is -2.47. The number of fused-ring (bicyclic) bond motifs is 10. The molecule has 0 spiro atoms. The van der Waals surface area contributed by atoms with Gasteiger partial charge in [0.15, 0.2) is 11.4 Å². The van der Waals surface area contributed by atoms with Crippen molar-refractivity contribution in [2.45, 2.75) is 129 Å². The average Bonchev–Trinajstić information content (AvgIpc) is 3.69. The molecule has 8 nitrogen and oxygen atoms in total. The van der Waals surface area contributed by atoms with Gasteiger partial charge in [0.1, 0.15) is 5.75 Å². The maximum Gasteiger partial charge on any atom is 0.573 e. The maximum atomic E-state index is 15.4. The average molecular weight is 878 g/mol. The third-order valence-corrected chi connectivity index (χ3v) is 15.9. The van der Waals surface area contributed by atoms with Gasteiger partial charge in [-0.25, -0.2) is 0 Å². The van der Waals surface area contributed by atoms with E-state index in [1.807, 2.05) is 107 Å². The molecule has 338 valence electrons. The number of aliphatic hydroxyl groups excluding tert-OH is 1. The summed E-state index contributed by atoms with van der Waals surface area (Å²) in [6.45, 7) is 9.39. The van der Waals surface area contributed by atoms with Crippen molar-refractivity contribution in [3.8, 4) is 16.9 Å². The molecule has 3 fully saturated rings. The van der Waals surface area contributed by atoms with Crippen molar-refractivity contribution in [3.63, 3.8) is 0 Å². The van der Waals surface area contributed by atoms with Crippen LogP contribution in [0.3, 0.4) is 0 Å². The minimum absolute atomic E-state index is 0.0870. The number of ketones is 1. The number of hydrogen-bond donors (Lipinski definition) is 2. The number of esters is 1. The molecule has 2 saturated carbocycles. The number of ether oxygens (including phenoxy) is 2. The van der Waals surface area contributed by atoms with E-state index in [1.54, 1.807) is 4.90 Å². The van der Waals surface area contributed by atoms with Crippen LogP contribution in [0.1, 0.15) is 125 Å². The Labute approximate surface area is 373 Å². The van der Waals surface area contributed by atoms with Crippen molar-refractivity contribution in [2.24, 2.45) is 16.2 Å². The number of allylic oxidation sites excluding steroid dienone is 2. The van der Waals surface area contributed by atoms with Crippen LogP contribution in [-0.4, -0.2) is 63.0 Å². The van der Waals surface area contributed by atoms with E-state index in [-0.39, 0.29) is 37.6 Å². The molecule has 4 aromatic carbocycles. The Bertz CT molecular complexity index is 2470. The monoisotopic (exact) mass is 877 g/mol. The van der Waals surface area contributed by atoms with Crippen LogP contribution in [0.15, 0.2) is 109 Å². The molecule has 4 aromatic rings. The van der Waals surface area contributed by atoms with E-state index in [4.69, 9.17) is 4.74 Å². The van der Waals surface area contributed by atoms with Crippen LogP contribution in [0.4, 0.5) is 13.2 Å². The van der Waals surface area contributed by atoms with E-state index in [1.165, 1.54) is 24.3 Å². The van der Waals surface area contributed by atoms with Crippen LogP contribution in [0.2, 0.25) is 0 Å². The van der Waals surface area contributed by atoms with E-state index >= 15 is 9.59 Å². The van der Waals surface area contributed by atoms with E-state index < -0.39 is 57.5 Å². The number of amides is 1. The third-order valence-electron chi connectivity index (χ3n) is 15.9. The highest BCUT2D eigenvalue weighted by atomic mass is 19.4. The first-order valence-corrected chi connectivity index (χ1v) is 22.5. The van der Waals surface area contributed by atoms with Crippen molar-refractivity contribution in [3.05, 3.63) is 137 Å². The SMILES string of the molecule is CC1=CCCC2(C)C(CCC2(O)CN(Cc2ccc(OC(F)(F)F)cc2)C(=O)C23CCC(C)(C(=O)O2)C3(C)C)c2ccc(cc2C(=O)c2ccccc2-c2ccccc2)CC(O)CC1. The summed E-state index contributed by atoms with van der Waals surface area (Å²) in [6, 6.07) is 28.4. The normalized spacial score (nSPS) is 28.8. The predicted octanol–water partition coefficient (Wildman–Crippen LogP) is 10.7. The molecule has 0 radical (unpaired) electrons. The summed E-state index contributed by atoms with van der Waals surface area (Å²) in [6.07, 6.45) is 0.759. The van der Waals surface area contributed by atoms with Crippen LogP contribution in [-0.2, 0) is 27.3 Å². The van der Waals surface area contributed by atoms with Gasteiger partial charge in [-0.2, -0.15) is 0 Å². The highest BCUT2D eigenvalue weighted by molar-refractivity contribution is 6.14. The van der Waals surface area contributed by atoms with Crippen molar-refractivity contribution in [1.82, 2.24) is 4.90 Å². The van der Waals surface area contributed by atoms with Gasteiger partial charge in [0.2, 0.25) is 0 Å². The second-order valence-electron chi connectivity index (χ2n) is 19.7. The summed E-state index contributed by atoms with van der Waals surface area (Å²) in [4.78, 5) is 45.6. The van der Waals surface area contributed by atoms with Crippen LogP contribution in [0, 0.1) is 16.2 Å². The molecular weight excluding hydrogens is 820 g/mol. The van der Waals surface area contributed by atoms with Crippen molar-refractivity contribution >= 4 is 17.7 Å². The quantitative estimate of drug-likeness (QED) is 0.0978. The predicted molar refractivity (Wildman–Crippen MR) is 237 cm³/mol. The fourth-order valence-corrected chi connectivity index (χ4v) is 11.4. The first-order valence-electron chi connectivity index (χ1n) is 22.5. The Morgan fingerprint density at radius 1 is 0.859 bits per heavy atom. The highest BCUT2D eigenvalue weighted by Gasteiger charge is 2.76. The van der Waals surface area contributed by atoms with E-state index in [0.717, 1.165) is 27.8 Å². The van der Waals surface area contributed by atoms with Gasteiger partial charge in [-0.05, 0) is 124 Å². The molecule has 64 heavy (non-hydrogen) atoms. The highest BCUT2D eigenvalue weighted by Crippen LogP contribution is 2.66. The van der Waals surface area contributed by atoms with Crippen molar-refractivity contribution < 1.29 is 47.2 Å². The number of halogens is 3. The molecule has 2 N–H and O–H groups in total. The first kappa shape index (κ1) is 45.3. The summed E-state index contributed by atoms with van der Waals surface area (Å²) in [7, 11) is 0. The van der Waals surface area contributed by atoms with Gasteiger partial charge >= 0.3 is 12.3 Å². The van der Waals surface area contributed by atoms with Gasteiger partial charge < -0.3 is 24.6 Å². The number of nitrogens with zero attached hydrogens (tertiary/aromatic N) is 1. The lowest BCUT2D eigenvalue weighted by molar-refractivity contribution is -0.274. The molecule has 1 amide bonds. The minimum Gasteiger partial charge on any atom is -0.448 e. The summed E-state index contributed by atoms with van der Waals surface area (Å²) in [5.74, 6) is -1.85. The zero-order valence-corrected chi connectivity index (χ0v) is 37.3. The second-order valence-corrected chi connectivity index (χ2v) is 19.7. The van der Waals surface area contributed by atoms with Gasteiger partial charge in [-0.3, -0.25) is 14.4 Å². The number of rotatable bonds is 9. The maximum absolute atomic E-state index is 15.4. The molecule has 9 rings (SSSR count). The largest absolute Gasteiger partial charge is 0.573 e. The Balaban J connectivity index is 1.23. The Morgan fingerprint density at radius 3 is 2.23 bits per heavy atom. The number of carbonyl (C=O) groups excluding carboxylic acids is 3. The van der Waals surface area contributed by atoms with Crippen LogP contribution in [0.5, 0.6) is 5.75 Å². The van der Waals surface area contributed by atoms with Crippen LogP contribution in [0.25, 0.3) is 11.1 Å². The molecule has 11 heteroatoms. The molecule has 1 heterocycles. The number of benzene rings is 4. The molecular formula is C53H58F3NO7. The summed E-state index contributed by atoms with van der Waals surface area (Å²) in [5, 5.41) is 24.7. The molecule has 4 bridgehead atoms. The lowest BCUT2D eigenvalue weighted by Crippen LogP contribution is -2.60. The molecule has 4 aliphatic carbocycles. The standard InChI is InChI=1S/C53H58F3NO7/c1-34-12-11-26-49(4)44(41-24-20-36(30-38(58)21-17-34)31-43(41)45(59)42-16-10-9-15-40(42)37-13-7-6-8-14-37)25-27-51(49,62)33-57(32-35-18-22-39(23-19-35)63-53(54,55)56)46(60)52-29-28-50(5,47(61)64-52)48(52,2)3/h6-10,12-16,18-20,22-24,31,38,44,58,62H,11,17,21,25-30,32-33H2,1-5H3. The van der Waals surface area contributed by atoms with E-state index in [2.05, 4.69) is 10.8 Å². The second kappa shape index (κ2) is 16.6.